The van der Waals surface area contributed by atoms with Gasteiger partial charge in [-0.2, -0.15) is 0 Å². The Kier molecular flexibility index (Phi) is 6.62. The van der Waals surface area contributed by atoms with E-state index in [-0.39, 0.29) is 17.5 Å². The number of nitrogens with zero attached hydrogens (tertiary/aromatic N) is 2. The van der Waals surface area contributed by atoms with Gasteiger partial charge in [-0.3, -0.25) is 4.99 Å². The molecule has 0 saturated heterocycles. The summed E-state index contributed by atoms with van der Waals surface area (Å²) in [5.41, 5.74) is 3.06. The van der Waals surface area contributed by atoms with E-state index in [1.165, 1.54) is 0 Å². The van der Waals surface area contributed by atoms with Gasteiger partial charge in [0, 0.05) is 5.92 Å². The monoisotopic (exact) mass is 492 g/mol. The number of aliphatic imine (C=N–C) groups is 1. The lowest BCUT2D eigenvalue weighted by molar-refractivity contribution is 0.121. The lowest BCUT2D eigenvalue weighted by Crippen LogP contribution is -2.47. The number of hydrogen-bond acceptors (Lipinski definition) is 4. The van der Waals surface area contributed by atoms with Crippen molar-refractivity contribution in [3.8, 4) is 0 Å². The molecule has 1 saturated carbocycles. The van der Waals surface area contributed by atoms with Crippen molar-refractivity contribution >= 4 is 15.9 Å². The molecule has 2 atom stereocenters. The van der Waals surface area contributed by atoms with Crippen LogP contribution in [0.1, 0.15) is 57.1 Å². The Labute approximate surface area is 210 Å². The Morgan fingerprint density at radius 1 is 1.06 bits per heavy atom. The molecule has 0 spiro atoms. The van der Waals surface area contributed by atoms with Crippen LogP contribution >= 0.6 is 0 Å². The van der Waals surface area contributed by atoms with Crippen molar-refractivity contribution in [2.45, 2.75) is 76.0 Å². The maximum atomic E-state index is 14.2. The number of aryl methyl sites for hydroxylation is 1. The maximum Gasteiger partial charge on any atom is 0.265 e. The smallest absolute Gasteiger partial charge is 0.265 e. The van der Waals surface area contributed by atoms with Crippen molar-refractivity contribution < 1.29 is 13.2 Å². The molecule has 1 heterocycles. The minimum absolute atomic E-state index is 0.207. The fraction of sp³-hybridized carbons (Fsp3) is 0.483. The fourth-order valence-corrected chi connectivity index (χ4v) is 7.02. The van der Waals surface area contributed by atoms with Gasteiger partial charge in [0.2, 0.25) is 0 Å². The van der Waals surface area contributed by atoms with E-state index in [1.807, 2.05) is 37.3 Å². The zero-order valence-electron chi connectivity index (χ0n) is 21.0. The molecule has 3 aliphatic rings. The van der Waals surface area contributed by atoms with Gasteiger partial charge in [-0.1, -0.05) is 54.1 Å². The number of rotatable bonds is 8. The molecule has 186 valence electrons. The molecule has 2 aliphatic carbocycles. The number of hydrogen-bond donors (Lipinski definition) is 0. The third kappa shape index (κ3) is 5.10. The van der Waals surface area contributed by atoms with E-state index in [9.17, 15) is 8.42 Å². The molecule has 6 heteroatoms. The first kappa shape index (κ1) is 24.3. The Hall–Kier alpha value is -2.44. The van der Waals surface area contributed by atoms with Gasteiger partial charge in [-0.05, 0) is 82.1 Å². The lowest BCUT2D eigenvalue weighted by atomic mass is 9.75. The van der Waals surface area contributed by atoms with E-state index in [2.05, 4.69) is 32.1 Å². The van der Waals surface area contributed by atoms with E-state index in [0.717, 1.165) is 54.6 Å². The molecule has 0 N–H and O–H groups in total. The highest BCUT2D eigenvalue weighted by Gasteiger charge is 2.49. The summed E-state index contributed by atoms with van der Waals surface area (Å²) in [4.78, 5) is 5.52. The number of fused-ring (bicyclic) bond motifs is 2. The molecule has 2 aromatic carbocycles. The second-order valence-corrected chi connectivity index (χ2v) is 12.6. The minimum Gasteiger partial charge on any atom is -0.376 e. The van der Waals surface area contributed by atoms with Gasteiger partial charge in [-0.25, -0.2) is 12.7 Å². The molecular formula is C29H36N2O3S. The molecule has 0 radical (unpaired) electrons. The molecule has 0 unspecified atom stereocenters. The largest absolute Gasteiger partial charge is 0.376 e. The molecule has 0 aromatic heterocycles. The summed E-state index contributed by atoms with van der Waals surface area (Å²) >= 11 is 0. The molecule has 1 aliphatic heterocycles. The van der Waals surface area contributed by atoms with Gasteiger partial charge in [0.1, 0.15) is 5.84 Å². The van der Waals surface area contributed by atoms with Gasteiger partial charge >= 0.3 is 0 Å². The summed E-state index contributed by atoms with van der Waals surface area (Å²) in [5, 5.41) is 0. The average Bonchev–Trinajstić information content (AvgIpc) is 3.68. The highest BCUT2D eigenvalue weighted by atomic mass is 32.2. The van der Waals surface area contributed by atoms with Crippen LogP contribution in [-0.4, -0.2) is 36.7 Å². The Morgan fingerprint density at radius 2 is 1.77 bits per heavy atom. The SMILES string of the molecule is Cc1ccc(S(=O)(=O)N2C(C3CC3)=NC(C)(C)[C@H]3CC=C(CCOCc4ccccc4)[C@@H]2C3)cc1. The average molecular weight is 493 g/mol. The summed E-state index contributed by atoms with van der Waals surface area (Å²) in [7, 11) is -3.74. The molecule has 2 bridgehead atoms. The van der Waals surface area contributed by atoms with Crippen LogP contribution in [0.5, 0.6) is 0 Å². The standard InChI is InChI=1S/C29H36N2O3S/c1-21-9-15-26(16-10-21)35(32,33)31-27-19-25(29(2,3)30-28(31)24-11-12-24)14-13-23(27)17-18-34-20-22-7-5-4-6-8-22/h4-10,13,15-16,24-25,27H,11-12,14,17-20H2,1-3H3/t25-,27-/m0/s1. The van der Waals surface area contributed by atoms with Crippen molar-refractivity contribution in [3.63, 3.8) is 0 Å². The maximum absolute atomic E-state index is 14.2. The second-order valence-electron chi connectivity index (χ2n) is 10.8. The van der Waals surface area contributed by atoms with Crippen molar-refractivity contribution in [2.24, 2.45) is 16.8 Å². The zero-order valence-corrected chi connectivity index (χ0v) is 21.8. The van der Waals surface area contributed by atoms with Crippen LogP contribution < -0.4 is 0 Å². The number of ether oxygens (including phenoxy) is 1. The second kappa shape index (κ2) is 9.55. The molecule has 35 heavy (non-hydrogen) atoms. The Bertz CT molecular complexity index is 1210. The summed E-state index contributed by atoms with van der Waals surface area (Å²) in [5.74, 6) is 1.30. The van der Waals surface area contributed by atoms with Gasteiger partial charge in [-0.15, -0.1) is 0 Å². The van der Waals surface area contributed by atoms with Crippen molar-refractivity contribution in [3.05, 3.63) is 77.4 Å². The third-order valence-electron chi connectivity index (χ3n) is 7.68. The van der Waals surface area contributed by atoms with Gasteiger partial charge in [0.15, 0.2) is 0 Å². The summed E-state index contributed by atoms with van der Waals surface area (Å²) in [6.07, 6.45) is 6.73. The number of sulfonamides is 1. The van der Waals surface area contributed by atoms with Crippen LogP contribution in [0.3, 0.4) is 0 Å². The fourth-order valence-electron chi connectivity index (χ4n) is 5.32. The molecule has 0 amide bonds. The molecule has 5 nitrogen and oxygen atoms in total. The Morgan fingerprint density at radius 3 is 2.46 bits per heavy atom. The van der Waals surface area contributed by atoms with Gasteiger partial charge in [0.05, 0.1) is 29.7 Å². The van der Waals surface area contributed by atoms with Crippen molar-refractivity contribution in [1.82, 2.24) is 4.31 Å². The van der Waals surface area contributed by atoms with Crippen molar-refractivity contribution in [1.29, 1.82) is 0 Å². The minimum atomic E-state index is -3.74. The van der Waals surface area contributed by atoms with Crippen LogP contribution in [0.25, 0.3) is 0 Å². The van der Waals surface area contributed by atoms with Crippen LogP contribution in [0.15, 0.2) is 76.1 Å². The number of benzene rings is 2. The van der Waals surface area contributed by atoms with E-state index in [0.29, 0.717) is 24.0 Å². The quantitative estimate of drug-likeness (QED) is 0.341. The van der Waals surface area contributed by atoms with Crippen LogP contribution in [0.4, 0.5) is 0 Å². The van der Waals surface area contributed by atoms with E-state index < -0.39 is 10.0 Å². The first-order valence-electron chi connectivity index (χ1n) is 12.8. The molecular weight excluding hydrogens is 456 g/mol. The topological polar surface area (TPSA) is 59.0 Å². The lowest BCUT2D eigenvalue weighted by Gasteiger charge is -2.38. The number of allylic oxidation sites excluding steroid dienone is 1. The van der Waals surface area contributed by atoms with E-state index >= 15 is 0 Å². The predicted octanol–water partition coefficient (Wildman–Crippen LogP) is 5.90. The normalized spacial score (nSPS) is 23.9. The van der Waals surface area contributed by atoms with Crippen LogP contribution in [0.2, 0.25) is 0 Å². The van der Waals surface area contributed by atoms with Crippen molar-refractivity contribution in [2.75, 3.05) is 6.61 Å². The first-order valence-corrected chi connectivity index (χ1v) is 14.2. The third-order valence-corrected chi connectivity index (χ3v) is 9.51. The molecule has 1 fully saturated rings. The molecule has 2 aromatic rings. The van der Waals surface area contributed by atoms with E-state index in [1.54, 1.807) is 16.4 Å². The molecule has 5 rings (SSSR count). The Balaban J connectivity index is 1.45. The predicted molar refractivity (Wildman–Crippen MR) is 140 cm³/mol. The summed E-state index contributed by atoms with van der Waals surface area (Å²) < 4.78 is 36.0. The first-order chi connectivity index (χ1) is 16.8. The number of amidine groups is 1. The highest BCUT2D eigenvalue weighted by Crippen LogP contribution is 2.46. The van der Waals surface area contributed by atoms with Gasteiger partial charge in [0.25, 0.3) is 10.0 Å². The zero-order chi connectivity index (χ0) is 24.6. The van der Waals surface area contributed by atoms with Gasteiger partial charge < -0.3 is 4.74 Å². The summed E-state index contributed by atoms with van der Waals surface area (Å²) in [6, 6.07) is 17.2. The van der Waals surface area contributed by atoms with E-state index in [4.69, 9.17) is 9.73 Å². The van der Waals surface area contributed by atoms with Crippen LogP contribution in [-0.2, 0) is 21.4 Å². The summed E-state index contributed by atoms with van der Waals surface area (Å²) in [6.45, 7) is 7.44. The highest BCUT2D eigenvalue weighted by molar-refractivity contribution is 7.89. The van der Waals surface area contributed by atoms with Crippen LogP contribution in [0, 0.1) is 18.8 Å².